The summed E-state index contributed by atoms with van der Waals surface area (Å²) in [7, 11) is -3.61. The fourth-order valence-corrected chi connectivity index (χ4v) is 4.30. The predicted molar refractivity (Wildman–Crippen MR) is 117 cm³/mol. The summed E-state index contributed by atoms with van der Waals surface area (Å²) in [5, 5.41) is 4.58. The third kappa shape index (κ3) is 7.12. The van der Waals surface area contributed by atoms with Crippen molar-refractivity contribution >= 4 is 45.0 Å². The molecule has 0 fully saturated rings. The molecular formula is C20H24FN3O4S2. The minimum Gasteiger partial charge on any atom is -0.325 e. The second kappa shape index (κ2) is 10.6. The number of para-hydroxylation sites is 1. The first-order valence-corrected chi connectivity index (χ1v) is 11.7. The van der Waals surface area contributed by atoms with Gasteiger partial charge in [-0.1, -0.05) is 12.1 Å². The number of rotatable bonds is 9. The highest BCUT2D eigenvalue weighted by molar-refractivity contribution is 8.01. The molecule has 0 spiro atoms. The van der Waals surface area contributed by atoms with Crippen LogP contribution in [0, 0.1) is 5.82 Å². The molecule has 30 heavy (non-hydrogen) atoms. The number of benzene rings is 2. The van der Waals surface area contributed by atoms with Gasteiger partial charge in [-0.3, -0.25) is 9.59 Å². The predicted octanol–water partition coefficient (Wildman–Crippen LogP) is 3.21. The molecule has 0 bridgehead atoms. The molecule has 10 heteroatoms. The topological polar surface area (TPSA) is 104 Å². The van der Waals surface area contributed by atoms with Crippen molar-refractivity contribution in [3.8, 4) is 0 Å². The van der Waals surface area contributed by atoms with Crippen molar-refractivity contribution in [1.82, 2.24) is 4.72 Å². The number of amides is 2. The van der Waals surface area contributed by atoms with E-state index in [1.165, 1.54) is 42.5 Å². The summed E-state index contributed by atoms with van der Waals surface area (Å²) in [6.07, 6.45) is 0. The minimum absolute atomic E-state index is 0.0268. The monoisotopic (exact) mass is 453 g/mol. The van der Waals surface area contributed by atoms with E-state index in [1.54, 1.807) is 26.8 Å². The fraction of sp³-hybridized carbons (Fsp3) is 0.300. The summed E-state index contributed by atoms with van der Waals surface area (Å²) < 4.78 is 40.3. The molecule has 2 amide bonds. The van der Waals surface area contributed by atoms with Crippen molar-refractivity contribution < 1.29 is 22.4 Å². The Kier molecular flexibility index (Phi) is 8.39. The zero-order chi connectivity index (χ0) is 22.3. The van der Waals surface area contributed by atoms with Crippen LogP contribution in [0.1, 0.15) is 20.8 Å². The molecule has 0 heterocycles. The third-order valence-corrected chi connectivity index (χ3v) is 6.62. The largest absolute Gasteiger partial charge is 0.325 e. The number of halogens is 1. The van der Waals surface area contributed by atoms with Crippen LogP contribution in [0.5, 0.6) is 0 Å². The van der Waals surface area contributed by atoms with Crippen molar-refractivity contribution in [2.75, 3.05) is 16.4 Å². The molecule has 0 aromatic heterocycles. The maximum atomic E-state index is 13.6. The fourth-order valence-electron chi connectivity index (χ4n) is 2.36. The van der Waals surface area contributed by atoms with E-state index in [1.807, 2.05) is 0 Å². The van der Waals surface area contributed by atoms with Crippen LogP contribution in [-0.4, -0.2) is 37.3 Å². The molecule has 0 aliphatic heterocycles. The highest BCUT2D eigenvalue weighted by Gasteiger charge is 2.18. The van der Waals surface area contributed by atoms with Crippen LogP contribution in [0.25, 0.3) is 0 Å². The molecule has 7 nitrogen and oxygen atoms in total. The van der Waals surface area contributed by atoms with Crippen LogP contribution < -0.4 is 15.4 Å². The van der Waals surface area contributed by atoms with Crippen LogP contribution in [0.4, 0.5) is 15.8 Å². The van der Waals surface area contributed by atoms with Gasteiger partial charge in [-0.25, -0.2) is 17.5 Å². The number of nitrogens with one attached hydrogen (secondary N) is 3. The van der Waals surface area contributed by atoms with Crippen molar-refractivity contribution in [3.63, 3.8) is 0 Å². The molecule has 0 aliphatic rings. The van der Waals surface area contributed by atoms with Crippen molar-refractivity contribution in [3.05, 3.63) is 54.3 Å². The van der Waals surface area contributed by atoms with Gasteiger partial charge in [0.1, 0.15) is 5.82 Å². The molecule has 0 radical (unpaired) electrons. The van der Waals surface area contributed by atoms with Gasteiger partial charge in [0.05, 0.1) is 21.6 Å². The quantitative estimate of drug-likeness (QED) is 0.541. The van der Waals surface area contributed by atoms with Crippen LogP contribution in [0.2, 0.25) is 0 Å². The zero-order valence-corrected chi connectivity index (χ0v) is 18.4. The average Bonchev–Trinajstić information content (AvgIpc) is 2.67. The first-order valence-electron chi connectivity index (χ1n) is 9.17. The lowest BCUT2D eigenvalue weighted by Gasteiger charge is -2.13. The first kappa shape index (κ1) is 23.8. The summed E-state index contributed by atoms with van der Waals surface area (Å²) in [6, 6.07) is 11.4. The van der Waals surface area contributed by atoms with Crippen LogP contribution in [0.15, 0.2) is 53.4 Å². The summed E-state index contributed by atoms with van der Waals surface area (Å²) in [5.74, 6) is -1.32. The summed E-state index contributed by atoms with van der Waals surface area (Å²) in [4.78, 5) is 24.4. The molecule has 2 aromatic rings. The van der Waals surface area contributed by atoms with E-state index in [2.05, 4.69) is 15.4 Å². The lowest BCUT2D eigenvalue weighted by Crippen LogP contribution is -2.30. The summed E-state index contributed by atoms with van der Waals surface area (Å²) >= 11 is 1.10. The van der Waals surface area contributed by atoms with Crippen LogP contribution >= 0.6 is 11.8 Å². The second-order valence-corrected chi connectivity index (χ2v) is 9.81. The lowest BCUT2D eigenvalue weighted by molar-refractivity contribution is -0.115. The number of thioether (sulfide) groups is 1. The van der Waals surface area contributed by atoms with E-state index in [0.29, 0.717) is 5.69 Å². The Morgan fingerprint density at radius 1 is 1.00 bits per heavy atom. The van der Waals surface area contributed by atoms with Crippen molar-refractivity contribution in [2.24, 2.45) is 0 Å². The molecule has 0 saturated carbocycles. The Labute approximate surface area is 179 Å². The van der Waals surface area contributed by atoms with E-state index >= 15 is 0 Å². The van der Waals surface area contributed by atoms with E-state index in [4.69, 9.17) is 0 Å². The van der Waals surface area contributed by atoms with E-state index in [-0.39, 0.29) is 28.3 Å². The van der Waals surface area contributed by atoms with Gasteiger partial charge in [0.25, 0.3) is 0 Å². The average molecular weight is 454 g/mol. The van der Waals surface area contributed by atoms with Crippen molar-refractivity contribution in [2.45, 2.75) is 37.0 Å². The maximum Gasteiger partial charge on any atom is 0.240 e. The smallest absolute Gasteiger partial charge is 0.240 e. The van der Waals surface area contributed by atoms with Gasteiger partial charge >= 0.3 is 0 Å². The molecular weight excluding hydrogens is 429 g/mol. The third-order valence-electron chi connectivity index (χ3n) is 3.80. The zero-order valence-electron chi connectivity index (χ0n) is 16.8. The number of sulfonamides is 1. The highest BCUT2D eigenvalue weighted by atomic mass is 32.2. The highest BCUT2D eigenvalue weighted by Crippen LogP contribution is 2.18. The minimum atomic E-state index is -3.61. The Hall–Kier alpha value is -2.43. The Morgan fingerprint density at radius 2 is 1.63 bits per heavy atom. The number of carbonyl (C=O) groups is 2. The number of hydrogen-bond acceptors (Lipinski definition) is 5. The van der Waals surface area contributed by atoms with Gasteiger partial charge in [0.2, 0.25) is 21.8 Å². The SMILES string of the molecule is CC(C)NS(=O)(=O)c1ccc(NC(=O)C(C)SCC(=O)Nc2ccccc2F)cc1. The molecule has 1 unspecified atom stereocenters. The maximum absolute atomic E-state index is 13.6. The number of carbonyl (C=O) groups excluding carboxylic acids is 2. The van der Waals surface area contributed by atoms with Crippen LogP contribution in [0.3, 0.4) is 0 Å². The van der Waals surface area contributed by atoms with E-state index in [9.17, 15) is 22.4 Å². The lowest BCUT2D eigenvalue weighted by atomic mass is 10.3. The Morgan fingerprint density at radius 3 is 2.23 bits per heavy atom. The van der Waals surface area contributed by atoms with Gasteiger partial charge in [0, 0.05) is 11.7 Å². The summed E-state index contributed by atoms with van der Waals surface area (Å²) in [5.41, 5.74) is 0.522. The van der Waals surface area contributed by atoms with Crippen LogP contribution in [-0.2, 0) is 19.6 Å². The standard InChI is InChI=1S/C20H24FN3O4S2/c1-13(2)24-30(27,28)16-10-8-15(9-11-16)22-20(26)14(3)29-12-19(25)23-18-7-5-4-6-17(18)21/h4-11,13-14,24H,12H2,1-3H3,(H,22,26)(H,23,25). The molecule has 0 aliphatic carbocycles. The van der Waals surface area contributed by atoms with Gasteiger partial charge in [-0.2, -0.15) is 0 Å². The summed E-state index contributed by atoms with van der Waals surface area (Å²) in [6.45, 7) is 5.09. The molecule has 0 saturated heterocycles. The molecule has 2 rings (SSSR count). The Bertz CT molecular complexity index is 995. The van der Waals surface area contributed by atoms with E-state index < -0.39 is 27.0 Å². The second-order valence-electron chi connectivity index (χ2n) is 6.77. The van der Waals surface area contributed by atoms with Crippen molar-refractivity contribution in [1.29, 1.82) is 0 Å². The van der Waals surface area contributed by atoms with Gasteiger partial charge in [0.15, 0.2) is 0 Å². The molecule has 1 atom stereocenters. The van der Waals surface area contributed by atoms with E-state index in [0.717, 1.165) is 11.8 Å². The van der Waals surface area contributed by atoms with Gasteiger partial charge in [-0.05, 0) is 57.2 Å². The molecule has 162 valence electrons. The Balaban J connectivity index is 1.86. The van der Waals surface area contributed by atoms with Gasteiger partial charge < -0.3 is 10.6 Å². The number of hydrogen-bond donors (Lipinski definition) is 3. The molecule has 3 N–H and O–H groups in total. The molecule has 2 aromatic carbocycles. The van der Waals surface area contributed by atoms with Gasteiger partial charge in [-0.15, -0.1) is 11.8 Å². The normalized spacial score (nSPS) is 12.4. The number of anilines is 2. The first-order chi connectivity index (χ1) is 14.1.